The minimum absolute atomic E-state index is 0.366. The molecule has 1 atom stereocenters. The van der Waals surface area contributed by atoms with E-state index in [0.29, 0.717) is 12.6 Å². The van der Waals surface area contributed by atoms with E-state index in [9.17, 15) is 0 Å². The van der Waals surface area contributed by atoms with Crippen molar-refractivity contribution in [1.29, 1.82) is 0 Å². The van der Waals surface area contributed by atoms with E-state index in [2.05, 4.69) is 39.5 Å². The quantitative estimate of drug-likeness (QED) is 0.900. The Labute approximate surface area is 111 Å². The van der Waals surface area contributed by atoms with Crippen molar-refractivity contribution in [1.82, 2.24) is 4.98 Å². The highest BCUT2D eigenvalue weighted by Crippen LogP contribution is 2.30. The van der Waals surface area contributed by atoms with Crippen LogP contribution in [-0.4, -0.2) is 17.6 Å². The van der Waals surface area contributed by atoms with Crippen LogP contribution < -0.4 is 10.6 Å². The van der Waals surface area contributed by atoms with Crippen LogP contribution in [0.15, 0.2) is 29.6 Å². The third-order valence-electron chi connectivity index (χ3n) is 3.48. The molecule has 3 rings (SSSR count). The Balaban J connectivity index is 1.95. The van der Waals surface area contributed by atoms with Crippen LogP contribution in [0.1, 0.15) is 16.8 Å². The van der Waals surface area contributed by atoms with Gasteiger partial charge in [0.1, 0.15) is 0 Å². The second-order valence-corrected chi connectivity index (χ2v) is 5.60. The second kappa shape index (κ2) is 4.71. The minimum atomic E-state index is 0.366. The first kappa shape index (κ1) is 11.7. The van der Waals surface area contributed by atoms with Crippen LogP contribution in [0.5, 0.6) is 0 Å². The molecule has 1 aliphatic heterocycles. The zero-order valence-corrected chi connectivity index (χ0v) is 11.3. The van der Waals surface area contributed by atoms with Gasteiger partial charge in [0.25, 0.3) is 0 Å². The summed E-state index contributed by atoms with van der Waals surface area (Å²) in [5, 5.41) is 3.20. The van der Waals surface area contributed by atoms with Crippen molar-refractivity contribution >= 4 is 16.5 Å². The molecule has 0 saturated heterocycles. The molecule has 1 aromatic carbocycles. The molecular formula is C14H17N3S. The lowest BCUT2D eigenvalue weighted by Crippen LogP contribution is -2.45. The second-order valence-electron chi connectivity index (χ2n) is 4.76. The van der Waals surface area contributed by atoms with E-state index in [1.165, 1.54) is 11.1 Å². The summed E-state index contributed by atoms with van der Waals surface area (Å²) in [6, 6.07) is 8.99. The Morgan fingerprint density at radius 3 is 2.83 bits per heavy atom. The molecule has 0 spiro atoms. The summed E-state index contributed by atoms with van der Waals surface area (Å²) in [6.45, 7) is 3.63. The van der Waals surface area contributed by atoms with Gasteiger partial charge in [-0.15, -0.1) is 11.3 Å². The number of aromatic nitrogens is 1. The van der Waals surface area contributed by atoms with Crippen molar-refractivity contribution in [2.24, 2.45) is 5.73 Å². The fourth-order valence-electron chi connectivity index (χ4n) is 2.50. The fourth-order valence-corrected chi connectivity index (χ4v) is 3.37. The lowest BCUT2D eigenvalue weighted by Gasteiger charge is -2.36. The number of rotatable bonds is 2. The maximum absolute atomic E-state index is 5.93. The molecule has 0 saturated carbocycles. The molecule has 2 heterocycles. The molecule has 0 aliphatic carbocycles. The third-order valence-corrected chi connectivity index (χ3v) is 4.48. The Morgan fingerprint density at radius 1 is 1.39 bits per heavy atom. The molecular weight excluding hydrogens is 242 g/mol. The van der Waals surface area contributed by atoms with Crippen LogP contribution in [0, 0.1) is 6.92 Å². The predicted molar refractivity (Wildman–Crippen MR) is 76.0 cm³/mol. The highest BCUT2D eigenvalue weighted by atomic mass is 32.1. The zero-order valence-electron chi connectivity index (χ0n) is 10.5. The summed E-state index contributed by atoms with van der Waals surface area (Å²) in [4.78, 5) is 6.94. The fraction of sp³-hybridized carbons (Fsp3) is 0.357. The van der Waals surface area contributed by atoms with Gasteiger partial charge in [0.05, 0.1) is 5.69 Å². The maximum atomic E-state index is 5.93. The van der Waals surface area contributed by atoms with Gasteiger partial charge in [-0.1, -0.05) is 24.3 Å². The number of anilines is 1. The highest BCUT2D eigenvalue weighted by Gasteiger charge is 2.26. The van der Waals surface area contributed by atoms with Crippen molar-refractivity contribution < 1.29 is 0 Å². The van der Waals surface area contributed by atoms with Crippen LogP contribution >= 0.6 is 11.3 Å². The smallest absolute Gasteiger partial charge is 0.186 e. The SMILES string of the molecule is Cc1csc(N2Cc3ccccc3CC2CN)n1. The van der Waals surface area contributed by atoms with Gasteiger partial charge in [-0.3, -0.25) is 0 Å². The van der Waals surface area contributed by atoms with E-state index in [0.717, 1.165) is 23.8 Å². The van der Waals surface area contributed by atoms with Gasteiger partial charge in [0.2, 0.25) is 0 Å². The van der Waals surface area contributed by atoms with Crippen molar-refractivity contribution in [2.45, 2.75) is 25.9 Å². The van der Waals surface area contributed by atoms with Gasteiger partial charge in [0, 0.05) is 24.5 Å². The van der Waals surface area contributed by atoms with Crippen LogP contribution in [0.2, 0.25) is 0 Å². The number of fused-ring (bicyclic) bond motifs is 1. The Morgan fingerprint density at radius 2 is 2.17 bits per heavy atom. The number of nitrogens with zero attached hydrogens (tertiary/aromatic N) is 2. The van der Waals surface area contributed by atoms with Crippen molar-refractivity contribution in [3.05, 3.63) is 46.5 Å². The average molecular weight is 259 g/mol. The first-order valence-electron chi connectivity index (χ1n) is 6.23. The lowest BCUT2D eigenvalue weighted by molar-refractivity contribution is 0.560. The first-order chi connectivity index (χ1) is 8.78. The number of thiazole rings is 1. The molecule has 0 fully saturated rings. The van der Waals surface area contributed by atoms with E-state index in [4.69, 9.17) is 5.73 Å². The molecule has 0 amide bonds. The highest BCUT2D eigenvalue weighted by molar-refractivity contribution is 7.13. The van der Waals surface area contributed by atoms with Gasteiger partial charge in [-0.2, -0.15) is 0 Å². The molecule has 1 unspecified atom stereocenters. The number of benzene rings is 1. The monoisotopic (exact) mass is 259 g/mol. The van der Waals surface area contributed by atoms with E-state index in [1.807, 2.05) is 6.92 Å². The van der Waals surface area contributed by atoms with E-state index >= 15 is 0 Å². The third kappa shape index (κ3) is 2.02. The average Bonchev–Trinajstić information content (AvgIpc) is 2.83. The maximum Gasteiger partial charge on any atom is 0.186 e. The summed E-state index contributed by atoms with van der Waals surface area (Å²) in [5.74, 6) is 0. The number of aryl methyl sites for hydroxylation is 1. The first-order valence-corrected chi connectivity index (χ1v) is 7.11. The number of hydrogen-bond acceptors (Lipinski definition) is 4. The van der Waals surface area contributed by atoms with Gasteiger partial charge in [-0.05, 0) is 24.5 Å². The molecule has 1 aliphatic rings. The molecule has 0 bridgehead atoms. The van der Waals surface area contributed by atoms with Crippen LogP contribution in [0.3, 0.4) is 0 Å². The number of nitrogens with two attached hydrogens (primary N) is 1. The molecule has 3 nitrogen and oxygen atoms in total. The van der Waals surface area contributed by atoms with Crippen LogP contribution in [0.4, 0.5) is 5.13 Å². The predicted octanol–water partition coefficient (Wildman–Crippen LogP) is 2.34. The van der Waals surface area contributed by atoms with Gasteiger partial charge in [0.15, 0.2) is 5.13 Å². The normalized spacial score (nSPS) is 18.8. The largest absolute Gasteiger partial charge is 0.339 e. The van der Waals surface area contributed by atoms with Gasteiger partial charge >= 0.3 is 0 Å². The molecule has 18 heavy (non-hydrogen) atoms. The van der Waals surface area contributed by atoms with Crippen molar-refractivity contribution in [3.63, 3.8) is 0 Å². The summed E-state index contributed by atoms with van der Waals surface area (Å²) in [5.41, 5.74) is 9.84. The topological polar surface area (TPSA) is 42.1 Å². The molecule has 2 N–H and O–H groups in total. The van der Waals surface area contributed by atoms with E-state index < -0.39 is 0 Å². The zero-order chi connectivity index (χ0) is 12.5. The van der Waals surface area contributed by atoms with Crippen LogP contribution in [-0.2, 0) is 13.0 Å². The van der Waals surface area contributed by atoms with Crippen molar-refractivity contribution in [2.75, 3.05) is 11.4 Å². The minimum Gasteiger partial charge on any atom is -0.339 e. The number of hydrogen-bond donors (Lipinski definition) is 1. The van der Waals surface area contributed by atoms with Gasteiger partial charge in [-0.25, -0.2) is 4.98 Å². The van der Waals surface area contributed by atoms with Crippen molar-refractivity contribution in [3.8, 4) is 0 Å². The summed E-state index contributed by atoms with van der Waals surface area (Å²) in [7, 11) is 0. The van der Waals surface area contributed by atoms with E-state index in [1.54, 1.807) is 11.3 Å². The molecule has 4 heteroatoms. The summed E-state index contributed by atoms with van der Waals surface area (Å²) < 4.78 is 0. The standard InChI is InChI=1S/C14H17N3S/c1-10-9-18-14(16-10)17-8-12-5-3-2-4-11(12)6-13(17)7-15/h2-5,9,13H,6-8,15H2,1H3. The van der Waals surface area contributed by atoms with Gasteiger partial charge < -0.3 is 10.6 Å². The Hall–Kier alpha value is -1.39. The van der Waals surface area contributed by atoms with E-state index in [-0.39, 0.29) is 0 Å². The summed E-state index contributed by atoms with van der Waals surface area (Å²) >= 11 is 1.71. The molecule has 2 aromatic rings. The Bertz CT molecular complexity index is 549. The molecule has 94 valence electrons. The molecule has 1 aromatic heterocycles. The molecule has 0 radical (unpaired) electrons. The van der Waals surface area contributed by atoms with Crippen LogP contribution in [0.25, 0.3) is 0 Å². The Kier molecular flexibility index (Phi) is 3.06. The summed E-state index contributed by atoms with van der Waals surface area (Å²) in [6.07, 6.45) is 1.02. The lowest BCUT2D eigenvalue weighted by atomic mass is 9.94.